The van der Waals surface area contributed by atoms with E-state index in [4.69, 9.17) is 14.0 Å². The maximum atomic E-state index is 7.50. The predicted molar refractivity (Wildman–Crippen MR) is 82.5 cm³/mol. The minimum absolute atomic E-state index is 0. The van der Waals surface area contributed by atoms with Gasteiger partial charge in [-0.1, -0.05) is 38.5 Å². The van der Waals surface area contributed by atoms with E-state index in [-0.39, 0.29) is 17.1 Å². The first-order valence-corrected chi connectivity index (χ1v) is 7.61. The van der Waals surface area contributed by atoms with Crippen molar-refractivity contribution in [2.24, 2.45) is 9.98 Å². The molecule has 0 atom stereocenters. The molecule has 0 aromatic rings. The Bertz CT molecular complexity index is 312. The third kappa shape index (κ3) is 15.7. The van der Waals surface area contributed by atoms with E-state index in [0.29, 0.717) is 12.1 Å². The smallest absolute Gasteiger partial charge is 0 e. The Hall–Kier alpha value is -0.921. The first kappa shape index (κ1) is 27.0. The fraction of sp³-hybridized carbons (Fsp3) is 0.706. The second-order valence-corrected chi connectivity index (χ2v) is 5.18. The van der Waals surface area contributed by atoms with Crippen molar-refractivity contribution in [1.82, 2.24) is 0 Å². The fourth-order valence-electron chi connectivity index (χ4n) is 2.78. The Morgan fingerprint density at radius 2 is 0.826 bits per heavy atom. The standard InChI is InChI=1S/C14H24N2.3CO.Fe/c1-3-7-13(8-4-1)15-11-12-16-14-9-5-2-6-10-14;3*1-2;/h11-14H,1-10H2;;;;. The molecule has 5 nitrogen and oxygen atoms in total. The van der Waals surface area contributed by atoms with Gasteiger partial charge in [-0.3, -0.25) is 9.98 Å². The second-order valence-electron chi connectivity index (χ2n) is 5.18. The molecule has 2 aliphatic rings. The van der Waals surface area contributed by atoms with Crippen LogP contribution >= 0.6 is 0 Å². The Labute approximate surface area is 150 Å². The first-order chi connectivity index (χ1) is 10.9. The molecule has 23 heavy (non-hydrogen) atoms. The van der Waals surface area contributed by atoms with Crippen LogP contribution in [0.2, 0.25) is 0 Å². The molecule has 0 heterocycles. The van der Waals surface area contributed by atoms with Crippen LogP contribution in [0, 0.1) is 20.0 Å². The SMILES string of the molecule is C(C=NC1CCCCC1)=NC1CCCCC1.[C-]#[O+].[C-]#[O+].[C-]#[O+].[Fe]. The molecular formula is C17H24FeN2O3. The van der Waals surface area contributed by atoms with Gasteiger partial charge in [-0.2, -0.15) is 0 Å². The molecule has 2 saturated carbocycles. The summed E-state index contributed by atoms with van der Waals surface area (Å²) < 4.78 is 22.5. The minimum atomic E-state index is 0. The molecule has 2 aliphatic carbocycles. The number of hydrogen-bond acceptors (Lipinski definition) is 2. The Kier molecular flexibility index (Phi) is 27.4. The van der Waals surface area contributed by atoms with E-state index >= 15 is 0 Å². The molecule has 6 heteroatoms. The molecule has 0 bridgehead atoms. The van der Waals surface area contributed by atoms with Gasteiger partial charge >= 0.3 is 33.9 Å². The van der Waals surface area contributed by atoms with Crippen LogP contribution in [0.5, 0.6) is 0 Å². The van der Waals surface area contributed by atoms with E-state index in [2.05, 4.69) is 29.9 Å². The molecule has 2 rings (SSSR count). The van der Waals surface area contributed by atoms with Crippen molar-refractivity contribution in [3.05, 3.63) is 20.0 Å². The van der Waals surface area contributed by atoms with Crippen molar-refractivity contribution in [1.29, 1.82) is 0 Å². The second kappa shape index (κ2) is 23.3. The maximum Gasteiger partial charge on any atom is 0 e. The van der Waals surface area contributed by atoms with Crippen LogP contribution in [0.4, 0.5) is 0 Å². The van der Waals surface area contributed by atoms with E-state index in [1.807, 2.05) is 12.4 Å². The van der Waals surface area contributed by atoms with Crippen LogP contribution in [-0.4, -0.2) is 24.5 Å². The first-order valence-electron chi connectivity index (χ1n) is 7.61. The number of hydrogen-bond donors (Lipinski definition) is 0. The van der Waals surface area contributed by atoms with Crippen molar-refractivity contribution in [3.63, 3.8) is 0 Å². The fourth-order valence-corrected chi connectivity index (χ4v) is 2.78. The van der Waals surface area contributed by atoms with Crippen LogP contribution in [0.25, 0.3) is 0 Å². The summed E-state index contributed by atoms with van der Waals surface area (Å²) in [6.07, 6.45) is 17.3. The van der Waals surface area contributed by atoms with Crippen LogP contribution < -0.4 is 0 Å². The molecule has 0 radical (unpaired) electrons. The van der Waals surface area contributed by atoms with Gasteiger partial charge in [0.05, 0.1) is 0 Å². The van der Waals surface area contributed by atoms with Gasteiger partial charge in [-0.15, -0.1) is 0 Å². The summed E-state index contributed by atoms with van der Waals surface area (Å²) in [6, 6.07) is 1.18. The Morgan fingerprint density at radius 1 is 0.565 bits per heavy atom. The van der Waals surface area contributed by atoms with Gasteiger partial charge in [0.15, 0.2) is 0 Å². The van der Waals surface area contributed by atoms with Crippen molar-refractivity contribution in [3.8, 4) is 0 Å². The van der Waals surface area contributed by atoms with E-state index in [9.17, 15) is 0 Å². The maximum absolute atomic E-state index is 7.50. The number of aliphatic imine (C=N–C) groups is 2. The van der Waals surface area contributed by atoms with E-state index < -0.39 is 0 Å². The van der Waals surface area contributed by atoms with Gasteiger partial charge in [0.1, 0.15) is 0 Å². The van der Waals surface area contributed by atoms with E-state index in [1.165, 1.54) is 64.2 Å². The summed E-state index contributed by atoms with van der Waals surface area (Å²) in [6.45, 7) is 13.5. The molecular weight excluding hydrogens is 336 g/mol. The summed E-state index contributed by atoms with van der Waals surface area (Å²) in [4.78, 5) is 9.19. The average molecular weight is 360 g/mol. The molecule has 0 spiro atoms. The van der Waals surface area contributed by atoms with E-state index in [1.54, 1.807) is 0 Å². The summed E-state index contributed by atoms with van der Waals surface area (Å²) in [5, 5.41) is 0. The van der Waals surface area contributed by atoms with Gasteiger partial charge in [-0.25, -0.2) is 0 Å². The summed E-state index contributed by atoms with van der Waals surface area (Å²) >= 11 is 0. The molecule has 0 aliphatic heterocycles. The average Bonchev–Trinajstić information content (AvgIpc) is 2.66. The van der Waals surface area contributed by atoms with Crippen LogP contribution in [0.3, 0.4) is 0 Å². The van der Waals surface area contributed by atoms with Gasteiger partial charge in [0.2, 0.25) is 0 Å². The third-order valence-electron chi connectivity index (χ3n) is 3.81. The molecule has 128 valence electrons. The molecule has 0 saturated heterocycles. The Morgan fingerprint density at radius 3 is 1.09 bits per heavy atom. The molecule has 2 fully saturated rings. The largest absolute Gasteiger partial charge is 0 e. The van der Waals surface area contributed by atoms with Gasteiger partial charge in [0.25, 0.3) is 0 Å². The Balaban J connectivity index is -0.000000514. The van der Waals surface area contributed by atoms with Crippen molar-refractivity contribution in [2.45, 2.75) is 76.3 Å². The number of nitrogens with zero attached hydrogens (tertiary/aromatic N) is 2. The van der Waals surface area contributed by atoms with Crippen molar-refractivity contribution < 1.29 is 31.0 Å². The normalized spacial score (nSPS) is 18.2. The topological polar surface area (TPSA) is 84.4 Å². The zero-order valence-corrected chi connectivity index (χ0v) is 14.5. The molecule has 0 aromatic heterocycles. The van der Waals surface area contributed by atoms with Gasteiger partial charge in [-0.05, 0) is 25.7 Å². The summed E-state index contributed by atoms with van der Waals surface area (Å²) in [5.41, 5.74) is 0. The van der Waals surface area contributed by atoms with Crippen LogP contribution in [0.1, 0.15) is 64.2 Å². The zero-order valence-electron chi connectivity index (χ0n) is 13.4. The monoisotopic (exact) mass is 360 g/mol. The molecule has 0 unspecified atom stereocenters. The van der Waals surface area contributed by atoms with Crippen molar-refractivity contribution in [2.75, 3.05) is 0 Å². The van der Waals surface area contributed by atoms with Crippen molar-refractivity contribution >= 4 is 12.4 Å². The van der Waals surface area contributed by atoms with Gasteiger partial charge < -0.3 is 0 Å². The molecule has 0 N–H and O–H groups in total. The van der Waals surface area contributed by atoms with E-state index in [0.717, 1.165) is 0 Å². The zero-order chi connectivity index (χ0) is 17.1. The molecule has 0 amide bonds. The predicted octanol–water partition coefficient (Wildman–Crippen LogP) is 3.68. The third-order valence-corrected chi connectivity index (χ3v) is 3.81. The van der Waals surface area contributed by atoms with Gasteiger partial charge in [0, 0.05) is 41.6 Å². The number of rotatable bonds is 3. The summed E-state index contributed by atoms with van der Waals surface area (Å²) in [5.74, 6) is 0. The quantitative estimate of drug-likeness (QED) is 0.318. The molecule has 0 aromatic carbocycles. The van der Waals surface area contributed by atoms with Crippen LogP contribution in [0.15, 0.2) is 9.98 Å². The minimum Gasteiger partial charge on any atom is 0 e. The van der Waals surface area contributed by atoms with Crippen LogP contribution in [-0.2, 0) is 31.0 Å². The summed E-state index contributed by atoms with van der Waals surface area (Å²) in [7, 11) is 0.